The van der Waals surface area contributed by atoms with Gasteiger partial charge in [-0.15, -0.1) is 0 Å². The van der Waals surface area contributed by atoms with Gasteiger partial charge in [-0.3, -0.25) is 0 Å². The van der Waals surface area contributed by atoms with Crippen LogP contribution in [0.2, 0.25) is 0 Å². The number of rotatable bonds is 4. The smallest absolute Gasteiger partial charge is 0.0360 e. The van der Waals surface area contributed by atoms with E-state index in [9.17, 15) is 0 Å². The summed E-state index contributed by atoms with van der Waals surface area (Å²) in [5.74, 6) is 22.5. The van der Waals surface area contributed by atoms with E-state index in [2.05, 4.69) is 55.4 Å². The zero-order valence-corrected chi connectivity index (χ0v) is 47.8. The summed E-state index contributed by atoms with van der Waals surface area (Å²) in [6.07, 6.45) is 61.1. The van der Waals surface area contributed by atoms with Crippen molar-refractivity contribution >= 4 is 0 Å². The molecule has 16 fully saturated rings. The van der Waals surface area contributed by atoms with Crippen molar-refractivity contribution in [2.45, 2.75) is 312 Å². The highest BCUT2D eigenvalue weighted by molar-refractivity contribution is 4.98. The van der Waals surface area contributed by atoms with Gasteiger partial charge in [0.05, 0.1) is 0 Å². The Morgan fingerprint density at radius 3 is 0.882 bits per heavy atom. The molecule has 0 heterocycles. The monoisotopic (exact) mass is 941 g/mol. The number of hydrogen-bond donors (Lipinski definition) is 0. The molecule has 16 saturated carbocycles. The molecule has 68 heavy (non-hydrogen) atoms. The third kappa shape index (κ3) is 17.0. The molecule has 0 aromatic rings. The molecule has 0 N–H and O–H groups in total. The van der Waals surface area contributed by atoms with Crippen molar-refractivity contribution in [1.82, 2.24) is 0 Å². The van der Waals surface area contributed by atoms with Gasteiger partial charge in [0.25, 0.3) is 0 Å². The molecule has 0 nitrogen and oxygen atoms in total. The van der Waals surface area contributed by atoms with Crippen molar-refractivity contribution in [3.8, 4) is 0 Å². The number of fused-ring (bicyclic) bond motifs is 4. The van der Waals surface area contributed by atoms with Gasteiger partial charge in [-0.25, -0.2) is 0 Å². The highest BCUT2D eigenvalue weighted by Gasteiger charge is 2.48. The summed E-state index contributed by atoms with van der Waals surface area (Å²) in [6, 6.07) is 0. The highest BCUT2D eigenvalue weighted by atomic mass is 14.5. The van der Waals surface area contributed by atoms with Gasteiger partial charge in [-0.2, -0.15) is 0 Å². The first-order chi connectivity index (χ1) is 33.1. The van der Waals surface area contributed by atoms with E-state index in [1.807, 2.05) is 0 Å². The van der Waals surface area contributed by atoms with Crippen LogP contribution in [0.3, 0.4) is 0 Å². The average Bonchev–Trinajstić information content (AvgIpc) is 4.25. The van der Waals surface area contributed by atoms with Crippen molar-refractivity contribution in [3.05, 3.63) is 0 Å². The molecule has 0 amide bonds. The average molecular weight is 942 g/mol. The topological polar surface area (TPSA) is 0 Å². The second-order valence-corrected chi connectivity index (χ2v) is 28.9. The van der Waals surface area contributed by atoms with Crippen LogP contribution in [0.25, 0.3) is 0 Å². The lowest BCUT2D eigenvalue weighted by Crippen LogP contribution is -2.44. The molecule has 16 aliphatic carbocycles. The van der Waals surface area contributed by atoms with E-state index in [-0.39, 0.29) is 0 Å². The Bertz CT molecular complexity index is 1240. The van der Waals surface area contributed by atoms with E-state index < -0.39 is 0 Å². The number of hydrogen-bond acceptors (Lipinski definition) is 0. The fourth-order valence-electron chi connectivity index (χ4n) is 19.8. The van der Waals surface area contributed by atoms with Crippen LogP contribution in [0.15, 0.2) is 0 Å². The maximum absolute atomic E-state index is 2.51. The summed E-state index contributed by atoms with van der Waals surface area (Å²) in [5, 5.41) is 0. The van der Waals surface area contributed by atoms with Crippen LogP contribution in [-0.2, 0) is 0 Å². The highest BCUT2D eigenvalue weighted by Crippen LogP contribution is 2.58. The molecule has 0 radical (unpaired) electrons. The zero-order valence-electron chi connectivity index (χ0n) is 47.8. The van der Waals surface area contributed by atoms with E-state index in [4.69, 9.17) is 0 Å². The molecule has 12 bridgehead atoms. The van der Waals surface area contributed by atoms with E-state index in [1.54, 1.807) is 116 Å². The van der Waals surface area contributed by atoms with Crippen molar-refractivity contribution in [2.75, 3.05) is 0 Å². The van der Waals surface area contributed by atoms with Crippen molar-refractivity contribution < 1.29 is 0 Å². The fraction of sp³-hybridized carbons (Fsp3) is 1.00. The lowest BCUT2D eigenvalue weighted by atomic mass is 9.51. The first-order valence-corrected chi connectivity index (χ1v) is 33.1. The summed E-state index contributed by atoms with van der Waals surface area (Å²) < 4.78 is 0. The van der Waals surface area contributed by atoms with Gasteiger partial charge in [-0.1, -0.05) is 209 Å². The second kappa shape index (κ2) is 29.2. The minimum absolute atomic E-state index is 1.04. The van der Waals surface area contributed by atoms with Crippen molar-refractivity contribution in [2.24, 2.45) is 118 Å². The molecule has 16 aliphatic rings. The third-order valence-corrected chi connectivity index (χ3v) is 24.0. The predicted molar refractivity (Wildman–Crippen MR) is 300 cm³/mol. The molecule has 16 rings (SSSR count). The maximum Gasteiger partial charge on any atom is -0.0360 e. The van der Waals surface area contributed by atoms with E-state index in [0.29, 0.717) is 0 Å². The Hall–Kier alpha value is 0. The molecule has 0 aliphatic heterocycles. The molecule has 6 atom stereocenters. The molecule has 0 spiro atoms. The summed E-state index contributed by atoms with van der Waals surface area (Å²) in [6.45, 7) is 19.0. The van der Waals surface area contributed by atoms with E-state index >= 15 is 0 Å². The third-order valence-electron chi connectivity index (χ3n) is 24.0. The summed E-state index contributed by atoms with van der Waals surface area (Å²) in [4.78, 5) is 0. The van der Waals surface area contributed by atoms with Crippen LogP contribution in [0, 0.1) is 118 Å². The standard InChI is InChI=1S/C12H20.C11H18.C9H16.C8H14.C8H16.2C7H14.C6H12/c1-2-12-10-4-8-3-9(6-10)7-11(12)5-8;1-7-10-3-8-2-9(5-10)6-11(7)4-8;1-2-8-5-7-3-4-9(8)6-7;1-6-4-7-2-3-8(6)5-7;1-2-8-6-4-3-5-7-8;1-7-5-3-2-4-6-7;1-2-7-5-3-4-6-7;1-6-4-2-3-5-6/h8-12H,2-7H2,1H3;7-11H,2-6H2,1H3;7-9H,2-6H2,1H3;6-8H,2-5H2,1H3;8H,2-7H2,1H3;2*7H,2-6H2,1H3;6H,2-5H2,1H3. The minimum Gasteiger partial charge on any atom is -0.0651 e. The molecular formula is C68H124. The molecule has 0 aromatic heterocycles. The maximum atomic E-state index is 2.51. The Morgan fingerprint density at radius 2 is 0.632 bits per heavy atom. The summed E-state index contributed by atoms with van der Waals surface area (Å²) in [5.41, 5.74) is 0. The Balaban J connectivity index is 0.000000116. The molecule has 396 valence electrons. The Kier molecular flexibility index (Phi) is 23.9. The van der Waals surface area contributed by atoms with Gasteiger partial charge < -0.3 is 0 Å². The zero-order chi connectivity index (χ0) is 47.8. The van der Waals surface area contributed by atoms with Crippen LogP contribution < -0.4 is 0 Å². The SMILES string of the molecule is CC1C2CC3CC(C2)CC1C3.CC1CC2CCC1C2.CC1CCCC1.CC1CCCCC1.CCC1C2CC3CC(C2)CC1C3.CCC1CC2CCC1C2.CCC1CCCC1.CCC1CCCCC1. The quantitative estimate of drug-likeness (QED) is 0.263. The second-order valence-electron chi connectivity index (χ2n) is 28.9. The van der Waals surface area contributed by atoms with E-state index in [1.165, 1.54) is 141 Å². The Labute approximate surface area is 428 Å². The first kappa shape index (κ1) is 55.7. The molecule has 0 aromatic carbocycles. The Morgan fingerprint density at radius 1 is 0.265 bits per heavy atom. The molecule has 0 heteroatoms. The normalized spacial score (nSPS) is 42.4. The van der Waals surface area contributed by atoms with Gasteiger partial charge >= 0.3 is 0 Å². The van der Waals surface area contributed by atoms with Crippen molar-refractivity contribution in [3.63, 3.8) is 0 Å². The summed E-state index contributed by atoms with van der Waals surface area (Å²) in [7, 11) is 0. The lowest BCUT2D eigenvalue weighted by Gasteiger charge is -2.54. The van der Waals surface area contributed by atoms with Crippen LogP contribution >= 0.6 is 0 Å². The first-order valence-electron chi connectivity index (χ1n) is 33.1. The van der Waals surface area contributed by atoms with Crippen LogP contribution in [0.5, 0.6) is 0 Å². The molecule has 6 unspecified atom stereocenters. The van der Waals surface area contributed by atoms with E-state index in [0.717, 1.165) is 118 Å². The van der Waals surface area contributed by atoms with Gasteiger partial charge in [0, 0.05) is 0 Å². The van der Waals surface area contributed by atoms with Gasteiger partial charge in [0.1, 0.15) is 0 Å². The molecule has 0 saturated heterocycles. The van der Waals surface area contributed by atoms with Crippen LogP contribution in [0.4, 0.5) is 0 Å². The van der Waals surface area contributed by atoms with Gasteiger partial charge in [-0.05, 0) is 221 Å². The van der Waals surface area contributed by atoms with Gasteiger partial charge in [0.2, 0.25) is 0 Å². The molecular weight excluding hydrogens is 817 g/mol. The fourth-order valence-corrected chi connectivity index (χ4v) is 19.8. The van der Waals surface area contributed by atoms with Crippen molar-refractivity contribution in [1.29, 1.82) is 0 Å². The van der Waals surface area contributed by atoms with Crippen LogP contribution in [-0.4, -0.2) is 0 Å². The predicted octanol–water partition coefficient (Wildman–Crippen LogP) is 22.2. The largest absolute Gasteiger partial charge is 0.0651 e. The minimum atomic E-state index is 1.04. The lowest BCUT2D eigenvalue weighted by molar-refractivity contribution is -0.0376. The van der Waals surface area contributed by atoms with Gasteiger partial charge in [0.15, 0.2) is 0 Å². The van der Waals surface area contributed by atoms with Crippen LogP contribution in [0.1, 0.15) is 312 Å². The summed E-state index contributed by atoms with van der Waals surface area (Å²) >= 11 is 0.